The summed E-state index contributed by atoms with van der Waals surface area (Å²) in [5, 5.41) is 22.9. The lowest BCUT2D eigenvalue weighted by molar-refractivity contribution is -0.142. The maximum Gasteiger partial charge on any atom is 0.245 e. The molecule has 7 N–H and O–H groups in total. The minimum atomic E-state index is -1.13. The Balaban J connectivity index is 1.98. The Labute approximate surface area is 340 Å². The van der Waals surface area contributed by atoms with Crippen LogP contribution in [-0.4, -0.2) is 95.5 Å². The second-order valence-electron chi connectivity index (χ2n) is 16.5. The van der Waals surface area contributed by atoms with Gasteiger partial charge in [-0.1, -0.05) is 64.8 Å². The maximum absolute atomic E-state index is 14.4. The predicted octanol–water partition coefficient (Wildman–Crippen LogP) is 4.03. The van der Waals surface area contributed by atoms with Gasteiger partial charge in [-0.05, 0) is 107 Å². The number of fused-ring (bicyclic) bond motifs is 3. The van der Waals surface area contributed by atoms with E-state index < -0.39 is 41.9 Å². The number of benzene rings is 1. The Hall–Kier alpha value is -4.10. The van der Waals surface area contributed by atoms with Crippen molar-refractivity contribution >= 4 is 35.2 Å². The summed E-state index contributed by atoms with van der Waals surface area (Å²) in [6.45, 7) is 11.5. The van der Waals surface area contributed by atoms with Crippen LogP contribution in [0, 0.1) is 17.8 Å². The van der Waals surface area contributed by atoms with Crippen molar-refractivity contribution in [2.45, 2.75) is 149 Å². The van der Waals surface area contributed by atoms with Crippen molar-refractivity contribution in [2.24, 2.45) is 23.5 Å². The Kier molecular flexibility index (Phi) is 20.4. The summed E-state index contributed by atoms with van der Waals surface area (Å²) in [6, 6.07) is 1.41. The highest BCUT2D eigenvalue weighted by Gasteiger charge is 2.39. The molecule has 0 aliphatic carbocycles. The third kappa shape index (κ3) is 15.6. The molecule has 0 aromatic heterocycles. The fourth-order valence-electron chi connectivity index (χ4n) is 7.72. The maximum atomic E-state index is 14.4. The average molecular weight is 795 g/mol. The molecule has 2 aliphatic rings. The molecule has 318 valence electrons. The first-order valence-corrected chi connectivity index (χ1v) is 21.4. The van der Waals surface area contributed by atoms with E-state index in [0.717, 1.165) is 19.4 Å². The molecule has 3 rings (SSSR count). The van der Waals surface area contributed by atoms with Gasteiger partial charge in [0.05, 0.1) is 6.04 Å². The zero-order chi connectivity index (χ0) is 41.9. The van der Waals surface area contributed by atoms with E-state index in [4.69, 9.17) is 5.73 Å². The van der Waals surface area contributed by atoms with Crippen molar-refractivity contribution in [2.75, 3.05) is 26.2 Å². The molecule has 13 nitrogen and oxygen atoms in total. The van der Waals surface area contributed by atoms with Crippen molar-refractivity contribution in [3.05, 3.63) is 41.5 Å². The van der Waals surface area contributed by atoms with Gasteiger partial charge in [-0.3, -0.25) is 28.8 Å². The number of nitrogens with two attached hydrogens (primary N) is 1. The molecule has 2 heterocycles. The molecular formula is C44H70N6O7. The van der Waals surface area contributed by atoms with Gasteiger partial charge in [0.25, 0.3) is 0 Å². The molecule has 1 aromatic carbocycles. The molecule has 1 aromatic rings. The van der Waals surface area contributed by atoms with Crippen molar-refractivity contribution in [3.8, 4) is 5.75 Å². The van der Waals surface area contributed by atoms with Gasteiger partial charge in [-0.2, -0.15) is 0 Å². The number of carbonyl (C=O) groups excluding carboxylic acids is 6. The third-order valence-electron chi connectivity index (χ3n) is 11.3. The van der Waals surface area contributed by atoms with Crippen molar-refractivity contribution in [1.29, 1.82) is 0 Å². The minimum absolute atomic E-state index is 0.00627. The highest BCUT2D eigenvalue weighted by molar-refractivity contribution is 5.97. The van der Waals surface area contributed by atoms with Crippen LogP contribution in [0.1, 0.15) is 123 Å². The third-order valence-corrected chi connectivity index (χ3v) is 11.3. The molecular weight excluding hydrogens is 725 g/mol. The number of hydrogen-bond acceptors (Lipinski definition) is 9. The van der Waals surface area contributed by atoms with Gasteiger partial charge >= 0.3 is 0 Å². The van der Waals surface area contributed by atoms with Gasteiger partial charge in [-0.15, -0.1) is 0 Å². The molecule has 2 bridgehead atoms. The molecule has 6 atom stereocenters. The second-order valence-corrected chi connectivity index (χ2v) is 16.5. The van der Waals surface area contributed by atoms with E-state index in [9.17, 15) is 33.9 Å². The fourth-order valence-corrected chi connectivity index (χ4v) is 7.72. The van der Waals surface area contributed by atoms with E-state index in [1.54, 1.807) is 12.1 Å². The van der Waals surface area contributed by atoms with Gasteiger partial charge < -0.3 is 37.0 Å². The first kappa shape index (κ1) is 47.3. The van der Waals surface area contributed by atoms with Gasteiger partial charge in [0.15, 0.2) is 5.78 Å². The fraction of sp³-hybridized carbons (Fsp3) is 0.682. The first-order chi connectivity index (χ1) is 27.2. The van der Waals surface area contributed by atoms with Crippen LogP contribution in [0.15, 0.2) is 30.4 Å². The van der Waals surface area contributed by atoms with Crippen LogP contribution < -0.4 is 27.0 Å². The number of unbranched alkanes of at least 4 members (excludes halogenated alkanes) is 1. The van der Waals surface area contributed by atoms with Crippen LogP contribution >= 0.6 is 0 Å². The van der Waals surface area contributed by atoms with Gasteiger partial charge in [0.2, 0.25) is 23.6 Å². The van der Waals surface area contributed by atoms with E-state index in [1.165, 1.54) is 11.8 Å². The second kappa shape index (κ2) is 24.6. The van der Waals surface area contributed by atoms with E-state index in [-0.39, 0.29) is 60.2 Å². The first-order valence-electron chi connectivity index (χ1n) is 21.4. The largest absolute Gasteiger partial charge is 0.508 e. The van der Waals surface area contributed by atoms with E-state index in [2.05, 4.69) is 21.3 Å². The van der Waals surface area contributed by atoms with Crippen LogP contribution in [0.4, 0.5) is 0 Å². The highest BCUT2D eigenvalue weighted by Crippen LogP contribution is 2.24. The highest BCUT2D eigenvalue weighted by atomic mass is 16.3. The molecule has 1 saturated heterocycles. The molecule has 1 unspecified atom stereocenters. The van der Waals surface area contributed by atoms with Gasteiger partial charge in [0.1, 0.15) is 29.7 Å². The van der Waals surface area contributed by atoms with E-state index in [1.807, 2.05) is 45.9 Å². The zero-order valence-corrected chi connectivity index (χ0v) is 35.1. The number of nitrogens with zero attached hydrogens (tertiary/aromatic N) is 1. The number of aromatic hydroxyl groups is 1. The average Bonchev–Trinajstić information content (AvgIpc) is 3.67. The normalized spacial score (nSPS) is 22.2. The number of ketones is 2. The smallest absolute Gasteiger partial charge is 0.245 e. The molecule has 13 heteroatoms. The summed E-state index contributed by atoms with van der Waals surface area (Å²) >= 11 is 0. The number of phenols is 1. The molecule has 1 fully saturated rings. The number of phenolic OH excluding ortho intramolecular Hbond substituents is 1. The number of rotatable bonds is 14. The lowest BCUT2D eigenvalue weighted by Gasteiger charge is -2.31. The van der Waals surface area contributed by atoms with Crippen molar-refractivity contribution in [3.63, 3.8) is 0 Å². The van der Waals surface area contributed by atoms with Crippen molar-refractivity contribution in [1.82, 2.24) is 26.2 Å². The molecule has 4 amide bonds. The topological polar surface area (TPSA) is 200 Å². The van der Waals surface area contributed by atoms with Crippen molar-refractivity contribution < 1.29 is 33.9 Å². The quantitative estimate of drug-likeness (QED) is 0.119. The number of Topliss-reactive ketones (excluding diaryl/α,β-unsaturated/α-hetero) is 2. The standard InChI is InChI=1S/C44H70N6O7/c1-6-30(4)41(39(53)28-34(31(5)51)25-29(2)3)49-42(55)36-27-32-19-20-38(52)33(26-32)15-10-13-23-46-22-12-7-8-18-40(54)47-35(16-9-11-21-45)44(57)50-24-14-17-37(50)43(56)48-36/h10,13,19-20,26,29-30,34-37,41,46,52H,6-9,11-12,14-18,21-25,27-28,45H2,1-5H3,(H,47,54)(H,48,56)(H,49,55)/t30?,34-,35+,36+,37+,41+/m1/s1. The van der Waals surface area contributed by atoms with E-state index in [0.29, 0.717) is 88.5 Å². The SMILES string of the molecule is CCC(C)[C@H](NC(=O)[C@@H]1Cc2ccc(O)c(c2)CC=CCNCCCCCC(=O)N[C@@H](CCCCN)C(=O)N2CCC[C@H]2C(=O)N1)C(=O)C[C@@H](CC(C)C)C(C)=O. The number of carbonyl (C=O) groups is 6. The summed E-state index contributed by atoms with van der Waals surface area (Å²) in [5.41, 5.74) is 7.09. The summed E-state index contributed by atoms with van der Waals surface area (Å²) < 4.78 is 0. The summed E-state index contributed by atoms with van der Waals surface area (Å²) in [7, 11) is 0. The molecule has 2 aliphatic heterocycles. The monoisotopic (exact) mass is 795 g/mol. The van der Waals surface area contributed by atoms with Crippen LogP contribution in [0.25, 0.3) is 0 Å². The minimum Gasteiger partial charge on any atom is -0.508 e. The van der Waals surface area contributed by atoms with Crippen LogP contribution in [0.3, 0.4) is 0 Å². The number of nitrogens with one attached hydrogen (secondary N) is 4. The Morgan fingerprint density at radius 3 is 2.49 bits per heavy atom. The Morgan fingerprint density at radius 1 is 1.02 bits per heavy atom. The Morgan fingerprint density at radius 2 is 1.79 bits per heavy atom. The lowest BCUT2D eigenvalue weighted by Crippen LogP contribution is -2.58. The zero-order valence-electron chi connectivity index (χ0n) is 35.1. The number of allylic oxidation sites excluding steroid dienone is 1. The van der Waals surface area contributed by atoms with Crippen LogP contribution in [0.2, 0.25) is 0 Å². The predicted molar refractivity (Wildman–Crippen MR) is 222 cm³/mol. The molecule has 0 saturated carbocycles. The number of amides is 4. The van der Waals surface area contributed by atoms with Gasteiger partial charge in [0, 0.05) is 38.3 Å². The van der Waals surface area contributed by atoms with Gasteiger partial charge in [-0.25, -0.2) is 0 Å². The summed E-state index contributed by atoms with van der Waals surface area (Å²) in [5.74, 6) is -2.28. The molecule has 57 heavy (non-hydrogen) atoms. The number of hydrogen-bond donors (Lipinski definition) is 6. The van der Waals surface area contributed by atoms with E-state index >= 15 is 0 Å². The molecule has 0 spiro atoms. The summed E-state index contributed by atoms with van der Waals surface area (Å²) in [4.78, 5) is 83.7. The summed E-state index contributed by atoms with van der Waals surface area (Å²) in [6.07, 6.45) is 11.0. The lowest BCUT2D eigenvalue weighted by atomic mass is 9.85. The molecule has 0 radical (unpaired) electrons. The van der Waals surface area contributed by atoms with Crippen LogP contribution in [0.5, 0.6) is 5.75 Å². The Bertz CT molecular complexity index is 1530. The van der Waals surface area contributed by atoms with Crippen LogP contribution in [-0.2, 0) is 41.6 Å².